The van der Waals surface area contributed by atoms with Crippen molar-refractivity contribution in [1.82, 2.24) is 0 Å². The summed E-state index contributed by atoms with van der Waals surface area (Å²) in [5.41, 5.74) is -0.731. The van der Waals surface area contributed by atoms with Crippen molar-refractivity contribution >= 4 is 12.6 Å². The number of hydrogen-bond acceptors (Lipinski definition) is 2. The van der Waals surface area contributed by atoms with E-state index in [1.807, 2.05) is 0 Å². The summed E-state index contributed by atoms with van der Waals surface area (Å²) in [4.78, 5) is 21.2. The van der Waals surface area contributed by atoms with Crippen LogP contribution in [-0.4, -0.2) is 12.6 Å². The summed E-state index contributed by atoms with van der Waals surface area (Å²) >= 11 is 0. The van der Waals surface area contributed by atoms with Crippen LogP contribution in [0.2, 0.25) is 0 Å². The molecule has 0 radical (unpaired) electrons. The molecule has 0 rings (SSSR count). The molecule has 0 unspecified atom stereocenters. The van der Waals surface area contributed by atoms with Gasteiger partial charge >= 0.3 is 0 Å². The van der Waals surface area contributed by atoms with Gasteiger partial charge in [-0.25, -0.2) is 0 Å². The van der Waals surface area contributed by atoms with Crippen molar-refractivity contribution < 1.29 is 9.59 Å². The van der Waals surface area contributed by atoms with Crippen LogP contribution in [0.4, 0.5) is 0 Å². The minimum Gasteiger partial charge on any atom is -0.302 e. The van der Waals surface area contributed by atoms with E-state index in [1.165, 1.54) is 25.7 Å². The molecule has 0 atom stereocenters. The number of carbonyl (C=O) groups is 2. The molecule has 2 nitrogen and oxygen atoms in total. The van der Waals surface area contributed by atoms with Gasteiger partial charge in [-0.2, -0.15) is 0 Å². The molecule has 0 aliphatic rings. The zero-order valence-electron chi connectivity index (χ0n) is 9.42. The SMILES string of the molecule is CCCCCCCCC(C)(C=O)C=O. The Balaban J connectivity index is 3.43. The second-order valence-corrected chi connectivity index (χ2v) is 4.26. The van der Waals surface area contributed by atoms with Gasteiger partial charge in [0.05, 0.1) is 5.41 Å². The molecule has 0 aromatic carbocycles. The topological polar surface area (TPSA) is 34.1 Å². The van der Waals surface area contributed by atoms with E-state index in [-0.39, 0.29) is 0 Å². The highest BCUT2D eigenvalue weighted by atomic mass is 16.1. The molecule has 0 spiro atoms. The van der Waals surface area contributed by atoms with Crippen LogP contribution in [0.5, 0.6) is 0 Å². The molecule has 0 fully saturated rings. The van der Waals surface area contributed by atoms with Crippen LogP contribution in [0, 0.1) is 5.41 Å². The van der Waals surface area contributed by atoms with E-state index in [0.29, 0.717) is 6.42 Å². The van der Waals surface area contributed by atoms with Crippen molar-refractivity contribution in [3.63, 3.8) is 0 Å². The molecule has 0 aromatic rings. The Morgan fingerprint density at radius 2 is 1.43 bits per heavy atom. The van der Waals surface area contributed by atoms with Gasteiger partial charge in [0.1, 0.15) is 12.6 Å². The van der Waals surface area contributed by atoms with Gasteiger partial charge in [0, 0.05) is 0 Å². The Labute approximate surface area is 87.1 Å². The summed E-state index contributed by atoms with van der Waals surface area (Å²) in [5, 5.41) is 0. The second kappa shape index (κ2) is 7.72. The lowest BCUT2D eigenvalue weighted by molar-refractivity contribution is -0.125. The van der Waals surface area contributed by atoms with Crippen LogP contribution in [0.25, 0.3) is 0 Å². The molecule has 0 saturated heterocycles. The Morgan fingerprint density at radius 1 is 0.929 bits per heavy atom. The van der Waals surface area contributed by atoms with Gasteiger partial charge in [0.2, 0.25) is 0 Å². The van der Waals surface area contributed by atoms with E-state index in [0.717, 1.165) is 25.4 Å². The van der Waals surface area contributed by atoms with Crippen molar-refractivity contribution in [3.8, 4) is 0 Å². The number of unbranched alkanes of at least 4 members (excludes halogenated alkanes) is 5. The molecule has 82 valence electrons. The average Bonchev–Trinajstić information content (AvgIpc) is 2.23. The first-order valence-corrected chi connectivity index (χ1v) is 5.61. The molecule has 0 saturated carbocycles. The van der Waals surface area contributed by atoms with E-state index in [1.54, 1.807) is 6.92 Å². The minimum atomic E-state index is -0.731. The van der Waals surface area contributed by atoms with Crippen molar-refractivity contribution in [1.29, 1.82) is 0 Å². The minimum absolute atomic E-state index is 0.701. The number of aldehydes is 2. The first kappa shape index (κ1) is 13.3. The smallest absolute Gasteiger partial charge is 0.132 e. The van der Waals surface area contributed by atoms with Crippen LogP contribution in [0.1, 0.15) is 58.8 Å². The Kier molecular flexibility index (Phi) is 7.35. The lowest BCUT2D eigenvalue weighted by Crippen LogP contribution is -2.19. The fourth-order valence-electron chi connectivity index (χ4n) is 1.43. The molecule has 0 aliphatic carbocycles. The maximum atomic E-state index is 10.6. The summed E-state index contributed by atoms with van der Waals surface area (Å²) in [6.07, 6.45) is 9.40. The van der Waals surface area contributed by atoms with Crippen LogP contribution in [-0.2, 0) is 9.59 Å². The second-order valence-electron chi connectivity index (χ2n) is 4.26. The first-order chi connectivity index (χ1) is 6.68. The normalized spacial score (nSPS) is 11.3. The summed E-state index contributed by atoms with van der Waals surface area (Å²) in [7, 11) is 0. The molecule has 0 heterocycles. The fourth-order valence-corrected chi connectivity index (χ4v) is 1.43. The Hall–Kier alpha value is -0.660. The summed E-state index contributed by atoms with van der Waals surface area (Å²) in [6.45, 7) is 3.90. The molecule has 0 N–H and O–H groups in total. The van der Waals surface area contributed by atoms with Crippen LogP contribution >= 0.6 is 0 Å². The maximum Gasteiger partial charge on any atom is 0.132 e. The van der Waals surface area contributed by atoms with Gasteiger partial charge < -0.3 is 9.59 Å². The third-order valence-corrected chi connectivity index (χ3v) is 2.61. The maximum absolute atomic E-state index is 10.6. The highest BCUT2D eigenvalue weighted by Gasteiger charge is 2.21. The average molecular weight is 198 g/mol. The van der Waals surface area contributed by atoms with Crippen molar-refractivity contribution in [2.45, 2.75) is 58.8 Å². The molecule has 0 aliphatic heterocycles. The fraction of sp³-hybridized carbons (Fsp3) is 0.833. The number of hydrogen-bond donors (Lipinski definition) is 0. The van der Waals surface area contributed by atoms with Crippen molar-refractivity contribution in [3.05, 3.63) is 0 Å². The quantitative estimate of drug-likeness (QED) is 0.324. The first-order valence-electron chi connectivity index (χ1n) is 5.61. The zero-order chi connectivity index (χ0) is 10.9. The largest absolute Gasteiger partial charge is 0.302 e. The Bertz CT molecular complexity index is 156. The molecule has 14 heavy (non-hydrogen) atoms. The van der Waals surface area contributed by atoms with Crippen molar-refractivity contribution in [2.75, 3.05) is 0 Å². The summed E-state index contributed by atoms with van der Waals surface area (Å²) in [6, 6.07) is 0. The van der Waals surface area contributed by atoms with Gasteiger partial charge in [0.15, 0.2) is 0 Å². The highest BCUT2D eigenvalue weighted by Crippen LogP contribution is 2.19. The number of rotatable bonds is 9. The molecular formula is C12H22O2. The lowest BCUT2D eigenvalue weighted by Gasteiger charge is -2.14. The number of carbonyl (C=O) groups excluding carboxylic acids is 2. The van der Waals surface area contributed by atoms with Gasteiger partial charge in [-0.3, -0.25) is 0 Å². The Morgan fingerprint density at radius 3 is 1.93 bits per heavy atom. The van der Waals surface area contributed by atoms with E-state index in [9.17, 15) is 9.59 Å². The zero-order valence-corrected chi connectivity index (χ0v) is 9.42. The summed E-state index contributed by atoms with van der Waals surface area (Å²) < 4.78 is 0. The van der Waals surface area contributed by atoms with Crippen LogP contribution in [0.15, 0.2) is 0 Å². The molecule has 0 aromatic heterocycles. The predicted molar refractivity (Wildman–Crippen MR) is 58.2 cm³/mol. The van der Waals surface area contributed by atoms with E-state index in [4.69, 9.17) is 0 Å². The van der Waals surface area contributed by atoms with Gasteiger partial charge in [-0.05, 0) is 13.3 Å². The van der Waals surface area contributed by atoms with Crippen molar-refractivity contribution in [2.24, 2.45) is 5.41 Å². The van der Waals surface area contributed by atoms with E-state index < -0.39 is 5.41 Å². The van der Waals surface area contributed by atoms with Gasteiger partial charge in [-0.15, -0.1) is 0 Å². The summed E-state index contributed by atoms with van der Waals surface area (Å²) in [5.74, 6) is 0. The third kappa shape index (κ3) is 5.90. The molecule has 0 bridgehead atoms. The molecular weight excluding hydrogens is 176 g/mol. The van der Waals surface area contributed by atoms with E-state index in [2.05, 4.69) is 6.92 Å². The standard InChI is InChI=1S/C12H22O2/c1-3-4-5-6-7-8-9-12(2,10-13)11-14/h10-11H,3-9H2,1-2H3. The monoisotopic (exact) mass is 198 g/mol. The van der Waals surface area contributed by atoms with Gasteiger partial charge in [-0.1, -0.05) is 45.4 Å². The predicted octanol–water partition coefficient (Wildman–Crippen LogP) is 3.14. The highest BCUT2D eigenvalue weighted by molar-refractivity contribution is 5.82. The van der Waals surface area contributed by atoms with E-state index >= 15 is 0 Å². The van der Waals surface area contributed by atoms with Crippen LogP contribution in [0.3, 0.4) is 0 Å². The van der Waals surface area contributed by atoms with Crippen LogP contribution < -0.4 is 0 Å². The lowest BCUT2D eigenvalue weighted by atomic mass is 9.88. The molecule has 0 amide bonds. The molecule has 2 heteroatoms. The third-order valence-electron chi connectivity index (χ3n) is 2.61. The van der Waals surface area contributed by atoms with Gasteiger partial charge in [0.25, 0.3) is 0 Å².